The molecule has 4 N–H and O–H groups in total. The molecule has 2 rings (SSSR count). The second-order valence-electron chi connectivity index (χ2n) is 4.76. The van der Waals surface area contributed by atoms with E-state index in [4.69, 9.17) is 23.2 Å². The first kappa shape index (κ1) is 18.6. The molecule has 7 nitrogen and oxygen atoms in total. The van der Waals surface area contributed by atoms with E-state index < -0.39 is 11.9 Å². The molecule has 0 aliphatic heterocycles. The lowest BCUT2D eigenvalue weighted by atomic mass is 10.2. The van der Waals surface area contributed by atoms with Crippen LogP contribution in [0, 0.1) is 0 Å². The molecule has 130 valence electrons. The summed E-state index contributed by atoms with van der Waals surface area (Å²) in [6, 6.07) is 10.7. The number of benzene rings is 2. The molecule has 0 spiro atoms. The molecular formula is C16H14Cl2N4O3. The van der Waals surface area contributed by atoms with E-state index in [0.29, 0.717) is 16.3 Å². The van der Waals surface area contributed by atoms with Gasteiger partial charge in [0.25, 0.3) is 5.91 Å². The Morgan fingerprint density at radius 1 is 1.12 bits per heavy atom. The third kappa shape index (κ3) is 5.66. The van der Waals surface area contributed by atoms with Gasteiger partial charge in [0.2, 0.25) is 0 Å². The topological polar surface area (TPSA) is 103 Å². The molecule has 0 aliphatic carbocycles. The highest BCUT2D eigenvalue weighted by molar-refractivity contribution is 6.43. The van der Waals surface area contributed by atoms with Crippen LogP contribution in [0.15, 0.2) is 47.6 Å². The number of anilines is 1. The van der Waals surface area contributed by atoms with Gasteiger partial charge in [-0.25, -0.2) is 10.2 Å². The molecule has 2 aromatic carbocycles. The Labute approximate surface area is 153 Å². The minimum absolute atomic E-state index is 0.0383. The number of rotatable bonds is 5. The Morgan fingerprint density at radius 3 is 2.64 bits per heavy atom. The largest absolute Gasteiger partial charge is 0.507 e. The number of urea groups is 1. The number of nitrogens with one attached hydrogen (secondary N) is 3. The van der Waals surface area contributed by atoms with E-state index in [1.165, 1.54) is 12.3 Å². The van der Waals surface area contributed by atoms with Crippen molar-refractivity contribution in [3.8, 4) is 5.75 Å². The van der Waals surface area contributed by atoms with Gasteiger partial charge in [-0.05, 0) is 24.3 Å². The molecule has 0 heterocycles. The predicted molar refractivity (Wildman–Crippen MR) is 97.3 cm³/mol. The number of halogens is 2. The van der Waals surface area contributed by atoms with E-state index in [0.717, 1.165) is 0 Å². The number of aromatic hydroxyl groups is 1. The number of nitrogens with zero attached hydrogens (tertiary/aromatic N) is 1. The van der Waals surface area contributed by atoms with Crippen LogP contribution < -0.4 is 16.1 Å². The summed E-state index contributed by atoms with van der Waals surface area (Å²) in [5.41, 5.74) is 3.00. The highest BCUT2D eigenvalue weighted by atomic mass is 35.5. The number of hydrogen-bond donors (Lipinski definition) is 4. The zero-order valence-electron chi connectivity index (χ0n) is 12.8. The molecule has 25 heavy (non-hydrogen) atoms. The van der Waals surface area contributed by atoms with Crippen molar-refractivity contribution in [2.24, 2.45) is 5.10 Å². The molecular weight excluding hydrogens is 367 g/mol. The van der Waals surface area contributed by atoms with E-state index in [1.807, 2.05) is 0 Å². The highest BCUT2D eigenvalue weighted by Crippen LogP contribution is 2.29. The van der Waals surface area contributed by atoms with Gasteiger partial charge >= 0.3 is 6.03 Å². The fourth-order valence-corrected chi connectivity index (χ4v) is 2.09. The van der Waals surface area contributed by atoms with Gasteiger partial charge in [-0.2, -0.15) is 5.10 Å². The van der Waals surface area contributed by atoms with Gasteiger partial charge in [0.1, 0.15) is 12.3 Å². The van der Waals surface area contributed by atoms with Crippen molar-refractivity contribution < 1.29 is 14.7 Å². The fraction of sp³-hybridized carbons (Fsp3) is 0.0625. The highest BCUT2D eigenvalue weighted by Gasteiger charge is 2.09. The van der Waals surface area contributed by atoms with E-state index >= 15 is 0 Å². The van der Waals surface area contributed by atoms with Crippen molar-refractivity contribution in [1.82, 2.24) is 10.7 Å². The average Bonchev–Trinajstić information content (AvgIpc) is 2.59. The molecule has 0 bridgehead atoms. The molecule has 0 aromatic heterocycles. The van der Waals surface area contributed by atoms with Crippen LogP contribution >= 0.6 is 23.2 Å². The molecule has 2 aromatic rings. The van der Waals surface area contributed by atoms with Gasteiger partial charge in [0.15, 0.2) is 0 Å². The molecule has 0 aliphatic rings. The zero-order valence-corrected chi connectivity index (χ0v) is 14.3. The summed E-state index contributed by atoms with van der Waals surface area (Å²) < 4.78 is 0. The minimum atomic E-state index is -0.621. The van der Waals surface area contributed by atoms with Crippen LogP contribution in [0.25, 0.3) is 0 Å². The Hall–Kier alpha value is -2.77. The van der Waals surface area contributed by atoms with E-state index in [-0.39, 0.29) is 17.3 Å². The second kappa shape index (κ2) is 8.91. The van der Waals surface area contributed by atoms with Gasteiger partial charge < -0.3 is 15.7 Å². The van der Waals surface area contributed by atoms with Crippen molar-refractivity contribution in [2.75, 3.05) is 11.9 Å². The number of hydrogen-bond acceptors (Lipinski definition) is 4. The van der Waals surface area contributed by atoms with Crippen LogP contribution in [0.5, 0.6) is 5.75 Å². The number of carbonyl (C=O) groups is 2. The maximum absolute atomic E-state index is 11.7. The SMILES string of the molecule is O=C(CNC(=O)Nc1cccc(Cl)c1Cl)N/N=C/c1ccccc1O. The molecule has 0 unspecified atom stereocenters. The molecule has 0 fully saturated rings. The van der Waals surface area contributed by atoms with E-state index in [1.54, 1.807) is 36.4 Å². The molecule has 0 radical (unpaired) electrons. The minimum Gasteiger partial charge on any atom is -0.507 e. The summed E-state index contributed by atoms with van der Waals surface area (Å²) in [4.78, 5) is 23.4. The van der Waals surface area contributed by atoms with Crippen LogP contribution in [0.3, 0.4) is 0 Å². The maximum Gasteiger partial charge on any atom is 0.319 e. The summed E-state index contributed by atoms with van der Waals surface area (Å²) in [6.07, 6.45) is 1.29. The number of para-hydroxylation sites is 1. The predicted octanol–water partition coefficient (Wildman–Crippen LogP) is 2.97. The third-order valence-corrected chi connectivity index (χ3v) is 3.76. The van der Waals surface area contributed by atoms with Crippen LogP contribution in [-0.2, 0) is 4.79 Å². The Balaban J connectivity index is 1.79. The van der Waals surface area contributed by atoms with Crippen molar-refractivity contribution in [3.63, 3.8) is 0 Å². The molecule has 0 saturated carbocycles. The van der Waals surface area contributed by atoms with Gasteiger partial charge in [-0.3, -0.25) is 4.79 Å². The van der Waals surface area contributed by atoms with Crippen molar-refractivity contribution in [2.45, 2.75) is 0 Å². The van der Waals surface area contributed by atoms with Crippen molar-refractivity contribution >= 4 is 47.0 Å². The Kier molecular flexibility index (Phi) is 6.62. The van der Waals surface area contributed by atoms with Gasteiger partial charge in [0.05, 0.1) is 21.9 Å². The van der Waals surface area contributed by atoms with E-state index in [9.17, 15) is 14.7 Å². The second-order valence-corrected chi connectivity index (χ2v) is 5.55. The van der Waals surface area contributed by atoms with Gasteiger partial charge in [-0.15, -0.1) is 0 Å². The normalized spacial score (nSPS) is 10.5. The summed E-state index contributed by atoms with van der Waals surface area (Å²) in [5, 5.41) is 18.6. The summed E-state index contributed by atoms with van der Waals surface area (Å²) in [5.74, 6) is -0.504. The zero-order chi connectivity index (χ0) is 18.2. The lowest BCUT2D eigenvalue weighted by Gasteiger charge is -2.09. The van der Waals surface area contributed by atoms with Crippen LogP contribution in [0.2, 0.25) is 10.0 Å². The first-order valence-corrected chi connectivity index (χ1v) is 7.81. The third-order valence-electron chi connectivity index (χ3n) is 2.94. The van der Waals surface area contributed by atoms with Gasteiger partial charge in [0, 0.05) is 5.56 Å². The number of carbonyl (C=O) groups excluding carboxylic acids is 2. The maximum atomic E-state index is 11.7. The van der Waals surface area contributed by atoms with E-state index in [2.05, 4.69) is 21.2 Å². The molecule has 3 amide bonds. The Bertz CT molecular complexity index is 812. The summed E-state index contributed by atoms with van der Waals surface area (Å²) in [6.45, 7) is -0.303. The first-order chi connectivity index (χ1) is 12.0. The number of phenolic OH excluding ortho intramolecular Hbond substituents is 1. The number of hydrazone groups is 1. The van der Waals surface area contributed by atoms with Crippen molar-refractivity contribution in [1.29, 1.82) is 0 Å². The number of amides is 3. The standard InChI is InChI=1S/C16H14Cl2N4O3/c17-11-5-3-6-12(15(11)18)21-16(25)19-9-14(24)22-20-8-10-4-1-2-7-13(10)23/h1-8,23H,9H2,(H,22,24)(H2,19,21,25)/b20-8+. The fourth-order valence-electron chi connectivity index (χ4n) is 1.74. The summed E-state index contributed by atoms with van der Waals surface area (Å²) >= 11 is 11.8. The smallest absolute Gasteiger partial charge is 0.319 e. The van der Waals surface area contributed by atoms with Crippen LogP contribution in [-0.4, -0.2) is 29.8 Å². The molecule has 0 saturated heterocycles. The number of phenols is 1. The van der Waals surface area contributed by atoms with Crippen LogP contribution in [0.1, 0.15) is 5.56 Å². The van der Waals surface area contributed by atoms with Crippen LogP contribution in [0.4, 0.5) is 10.5 Å². The quantitative estimate of drug-likeness (QED) is 0.473. The lowest BCUT2D eigenvalue weighted by molar-refractivity contribution is -0.120. The monoisotopic (exact) mass is 380 g/mol. The average molecular weight is 381 g/mol. The Morgan fingerprint density at radius 2 is 1.88 bits per heavy atom. The summed E-state index contributed by atoms with van der Waals surface area (Å²) in [7, 11) is 0. The lowest BCUT2D eigenvalue weighted by Crippen LogP contribution is -2.37. The first-order valence-electron chi connectivity index (χ1n) is 7.06. The molecule has 9 heteroatoms. The van der Waals surface area contributed by atoms with Crippen molar-refractivity contribution in [3.05, 3.63) is 58.1 Å². The van der Waals surface area contributed by atoms with Gasteiger partial charge in [-0.1, -0.05) is 41.4 Å². The molecule has 0 atom stereocenters.